The number of nitrogens with one attached hydrogen (secondary N) is 2. The first-order chi connectivity index (χ1) is 13.0. The number of rotatable bonds is 6. The van der Waals surface area contributed by atoms with Gasteiger partial charge in [0.1, 0.15) is 11.5 Å². The van der Waals surface area contributed by atoms with Gasteiger partial charge in [0.2, 0.25) is 5.91 Å². The van der Waals surface area contributed by atoms with Crippen LogP contribution >= 0.6 is 22.9 Å². The number of carbonyl (C=O) groups is 1. The van der Waals surface area contributed by atoms with Gasteiger partial charge >= 0.3 is 0 Å². The Labute approximate surface area is 165 Å². The second kappa shape index (κ2) is 8.70. The molecule has 2 heterocycles. The van der Waals surface area contributed by atoms with Gasteiger partial charge in [0.05, 0.1) is 13.1 Å². The molecule has 1 amide bonds. The zero-order valence-electron chi connectivity index (χ0n) is 14.5. The third-order valence-corrected chi connectivity index (χ3v) is 4.67. The zero-order valence-corrected chi connectivity index (χ0v) is 16.1. The SMILES string of the molecule is CC(=O)NCc1ccc(-c2csc(NC(N)=NCc3ccccc3Cl)n2)o1. The lowest BCUT2D eigenvalue weighted by atomic mass is 10.2. The summed E-state index contributed by atoms with van der Waals surface area (Å²) in [5.41, 5.74) is 7.49. The highest BCUT2D eigenvalue weighted by Gasteiger charge is 2.10. The van der Waals surface area contributed by atoms with Crippen molar-refractivity contribution >= 4 is 39.9 Å². The van der Waals surface area contributed by atoms with Crippen LogP contribution in [0.25, 0.3) is 11.5 Å². The third-order valence-electron chi connectivity index (χ3n) is 3.54. The number of thiazole rings is 1. The smallest absolute Gasteiger partial charge is 0.217 e. The van der Waals surface area contributed by atoms with E-state index in [1.54, 1.807) is 6.07 Å². The van der Waals surface area contributed by atoms with Crippen LogP contribution in [0.1, 0.15) is 18.2 Å². The lowest BCUT2D eigenvalue weighted by molar-refractivity contribution is -0.119. The molecule has 0 radical (unpaired) electrons. The van der Waals surface area contributed by atoms with Crippen molar-refractivity contribution in [1.82, 2.24) is 10.3 Å². The Bertz CT molecular complexity index is 966. The summed E-state index contributed by atoms with van der Waals surface area (Å²) in [6.07, 6.45) is 0. The number of amides is 1. The van der Waals surface area contributed by atoms with Gasteiger partial charge in [-0.25, -0.2) is 9.98 Å². The predicted octanol–water partition coefficient (Wildman–Crippen LogP) is 3.62. The Balaban J connectivity index is 1.61. The van der Waals surface area contributed by atoms with Crippen molar-refractivity contribution in [2.24, 2.45) is 10.7 Å². The molecule has 3 rings (SSSR count). The molecule has 4 N–H and O–H groups in total. The van der Waals surface area contributed by atoms with Gasteiger partial charge < -0.3 is 20.8 Å². The van der Waals surface area contributed by atoms with E-state index in [-0.39, 0.29) is 11.9 Å². The maximum atomic E-state index is 11.0. The van der Waals surface area contributed by atoms with Crippen LogP contribution in [0.15, 0.2) is 51.2 Å². The Morgan fingerprint density at radius 1 is 1.33 bits per heavy atom. The van der Waals surface area contributed by atoms with Crippen LogP contribution in [0, 0.1) is 0 Å². The summed E-state index contributed by atoms with van der Waals surface area (Å²) in [5, 5.41) is 8.75. The number of halogens is 1. The number of benzene rings is 1. The van der Waals surface area contributed by atoms with Gasteiger partial charge in [-0.1, -0.05) is 29.8 Å². The normalized spacial score (nSPS) is 11.4. The van der Waals surface area contributed by atoms with Crippen molar-refractivity contribution in [3.05, 3.63) is 58.1 Å². The molecule has 0 spiro atoms. The van der Waals surface area contributed by atoms with Crippen molar-refractivity contribution in [2.45, 2.75) is 20.0 Å². The number of nitrogens with two attached hydrogens (primary N) is 1. The standard InChI is InChI=1S/C18H18ClN5O2S/c1-11(25)21-9-13-6-7-16(26-13)15-10-27-18(23-15)24-17(20)22-8-12-4-2-3-5-14(12)19/h2-7,10H,8-9H2,1H3,(H,21,25)(H3,20,22,23,24). The number of aromatic nitrogens is 1. The lowest BCUT2D eigenvalue weighted by Gasteiger charge is -2.03. The molecule has 0 atom stereocenters. The number of guanidine groups is 1. The topological polar surface area (TPSA) is 106 Å². The van der Waals surface area contributed by atoms with Crippen molar-refractivity contribution in [3.63, 3.8) is 0 Å². The van der Waals surface area contributed by atoms with E-state index in [2.05, 4.69) is 20.6 Å². The van der Waals surface area contributed by atoms with Gasteiger partial charge in [-0.05, 0) is 23.8 Å². The molecular formula is C18H18ClN5O2S. The summed E-state index contributed by atoms with van der Waals surface area (Å²) < 4.78 is 5.68. The van der Waals surface area contributed by atoms with Crippen LogP contribution in [0.2, 0.25) is 5.02 Å². The number of nitrogens with zero attached hydrogens (tertiary/aromatic N) is 2. The number of anilines is 1. The van der Waals surface area contributed by atoms with E-state index >= 15 is 0 Å². The third kappa shape index (κ3) is 5.32. The van der Waals surface area contributed by atoms with E-state index in [9.17, 15) is 4.79 Å². The molecule has 1 aromatic carbocycles. The maximum absolute atomic E-state index is 11.0. The van der Waals surface area contributed by atoms with Crippen LogP contribution in [0.5, 0.6) is 0 Å². The van der Waals surface area contributed by atoms with Crippen molar-refractivity contribution in [2.75, 3.05) is 5.32 Å². The summed E-state index contributed by atoms with van der Waals surface area (Å²) in [7, 11) is 0. The molecule has 27 heavy (non-hydrogen) atoms. The molecule has 0 aliphatic rings. The lowest BCUT2D eigenvalue weighted by Crippen LogP contribution is -2.22. The van der Waals surface area contributed by atoms with Gasteiger partial charge in [-0.2, -0.15) is 0 Å². The summed E-state index contributed by atoms with van der Waals surface area (Å²) in [6, 6.07) is 11.1. The number of hydrogen-bond acceptors (Lipinski definition) is 5. The maximum Gasteiger partial charge on any atom is 0.217 e. The summed E-state index contributed by atoms with van der Waals surface area (Å²) in [5.74, 6) is 1.41. The second-order valence-electron chi connectivity index (χ2n) is 5.63. The number of hydrogen-bond donors (Lipinski definition) is 3. The number of carbonyl (C=O) groups excluding carboxylic acids is 1. The summed E-state index contributed by atoms with van der Waals surface area (Å²) in [4.78, 5) is 19.7. The van der Waals surface area contributed by atoms with E-state index in [4.69, 9.17) is 21.8 Å². The molecule has 0 saturated carbocycles. The minimum Gasteiger partial charge on any atom is -0.458 e. The Morgan fingerprint density at radius 3 is 2.93 bits per heavy atom. The van der Waals surface area contributed by atoms with Gasteiger partial charge in [0.25, 0.3) is 0 Å². The fourth-order valence-electron chi connectivity index (χ4n) is 2.21. The van der Waals surface area contributed by atoms with Crippen LogP contribution < -0.4 is 16.4 Å². The molecule has 0 fully saturated rings. The fourth-order valence-corrected chi connectivity index (χ4v) is 3.11. The minimum atomic E-state index is -0.111. The molecule has 140 valence electrons. The number of aliphatic imine (C=N–C) groups is 1. The first-order valence-electron chi connectivity index (χ1n) is 8.10. The first-order valence-corrected chi connectivity index (χ1v) is 9.36. The van der Waals surface area contributed by atoms with Crippen LogP contribution in [0.4, 0.5) is 5.13 Å². The molecule has 0 unspecified atom stereocenters. The van der Waals surface area contributed by atoms with E-state index in [0.717, 1.165) is 5.56 Å². The van der Waals surface area contributed by atoms with Crippen LogP contribution in [-0.2, 0) is 17.9 Å². The molecule has 0 bridgehead atoms. The van der Waals surface area contributed by atoms with Gasteiger partial charge in [0, 0.05) is 17.3 Å². The molecule has 7 nitrogen and oxygen atoms in total. The fraction of sp³-hybridized carbons (Fsp3) is 0.167. The second-order valence-corrected chi connectivity index (χ2v) is 6.90. The largest absolute Gasteiger partial charge is 0.458 e. The highest BCUT2D eigenvalue weighted by molar-refractivity contribution is 7.14. The molecule has 0 aliphatic heterocycles. The van der Waals surface area contributed by atoms with Gasteiger partial charge in [0.15, 0.2) is 16.9 Å². The van der Waals surface area contributed by atoms with Crippen LogP contribution in [0.3, 0.4) is 0 Å². The Morgan fingerprint density at radius 2 is 2.15 bits per heavy atom. The van der Waals surface area contributed by atoms with Crippen molar-refractivity contribution in [1.29, 1.82) is 0 Å². The van der Waals surface area contributed by atoms with E-state index in [1.165, 1.54) is 18.3 Å². The molecule has 3 aromatic rings. The average Bonchev–Trinajstić information content (AvgIpc) is 3.28. The van der Waals surface area contributed by atoms with Crippen molar-refractivity contribution in [3.8, 4) is 11.5 Å². The molecule has 9 heteroatoms. The molecule has 0 saturated heterocycles. The van der Waals surface area contributed by atoms with Crippen molar-refractivity contribution < 1.29 is 9.21 Å². The van der Waals surface area contributed by atoms with E-state index in [0.29, 0.717) is 40.5 Å². The van der Waals surface area contributed by atoms with E-state index < -0.39 is 0 Å². The predicted molar refractivity (Wildman–Crippen MR) is 108 cm³/mol. The monoisotopic (exact) mass is 403 g/mol. The van der Waals surface area contributed by atoms with Crippen LogP contribution in [-0.4, -0.2) is 16.9 Å². The summed E-state index contributed by atoms with van der Waals surface area (Å²) in [6.45, 7) is 2.17. The number of furan rings is 1. The molecular weight excluding hydrogens is 386 g/mol. The zero-order chi connectivity index (χ0) is 19.2. The molecule has 2 aromatic heterocycles. The van der Waals surface area contributed by atoms with Gasteiger partial charge in [-0.15, -0.1) is 11.3 Å². The van der Waals surface area contributed by atoms with Gasteiger partial charge in [-0.3, -0.25) is 4.79 Å². The molecule has 0 aliphatic carbocycles. The highest BCUT2D eigenvalue weighted by atomic mass is 35.5. The Hall–Kier alpha value is -2.84. The van der Waals surface area contributed by atoms with E-state index in [1.807, 2.05) is 35.7 Å². The average molecular weight is 404 g/mol. The quantitative estimate of drug-likeness (QED) is 0.430. The highest BCUT2D eigenvalue weighted by Crippen LogP contribution is 2.26. The summed E-state index contributed by atoms with van der Waals surface area (Å²) >= 11 is 7.49. The Kier molecular flexibility index (Phi) is 6.10. The minimum absolute atomic E-state index is 0.111. The first kappa shape index (κ1) is 18.9.